The summed E-state index contributed by atoms with van der Waals surface area (Å²) in [7, 11) is 0. The number of rotatable bonds is 7. The molecule has 2 aromatic rings. The molecule has 2 rings (SSSR count). The molecule has 0 bridgehead atoms. The van der Waals surface area contributed by atoms with Crippen LogP contribution in [0.2, 0.25) is 5.02 Å². The summed E-state index contributed by atoms with van der Waals surface area (Å²) in [6.45, 7) is 4.08. The molecule has 0 saturated heterocycles. The van der Waals surface area contributed by atoms with E-state index in [0.29, 0.717) is 17.1 Å². The van der Waals surface area contributed by atoms with Gasteiger partial charge in [-0.1, -0.05) is 30.3 Å². The largest absolute Gasteiger partial charge is 0.486 e. The number of nitrogens with zero attached hydrogens (tertiary/aromatic N) is 1. The predicted octanol–water partition coefficient (Wildman–Crippen LogP) is 3.92. The molecule has 0 saturated carbocycles. The Balaban J connectivity index is 1.94. The minimum atomic E-state index is -1.20. The van der Waals surface area contributed by atoms with Gasteiger partial charge < -0.3 is 10.5 Å². The number of hydrogen-bond donors (Lipinski definition) is 1. The van der Waals surface area contributed by atoms with E-state index in [0.717, 1.165) is 17.7 Å². The molecule has 2 N–H and O–H groups in total. The number of amides is 1. The van der Waals surface area contributed by atoms with Crippen LogP contribution in [0, 0.1) is 11.6 Å². The van der Waals surface area contributed by atoms with Crippen LogP contribution in [-0.4, -0.2) is 18.7 Å². The molecule has 4 nitrogen and oxygen atoms in total. The van der Waals surface area contributed by atoms with Gasteiger partial charge in [-0.25, -0.2) is 8.78 Å². The zero-order valence-electron chi connectivity index (χ0n) is 13.1. The van der Waals surface area contributed by atoms with Crippen molar-refractivity contribution in [2.45, 2.75) is 6.54 Å². The number of carbonyl (C=O) groups excluding carboxylic acids is 1. The lowest BCUT2D eigenvalue weighted by Gasteiger charge is -2.09. The molecule has 0 heterocycles. The molecular weight excluding hydrogens is 350 g/mol. The highest BCUT2D eigenvalue weighted by atomic mass is 35.5. The van der Waals surface area contributed by atoms with E-state index in [-0.39, 0.29) is 12.4 Å². The van der Waals surface area contributed by atoms with Gasteiger partial charge in [0.2, 0.25) is 0 Å². The summed E-state index contributed by atoms with van der Waals surface area (Å²) in [4.78, 5) is 15.3. The summed E-state index contributed by atoms with van der Waals surface area (Å²) < 4.78 is 32.6. The van der Waals surface area contributed by atoms with Crippen molar-refractivity contribution in [1.29, 1.82) is 0 Å². The van der Waals surface area contributed by atoms with Crippen LogP contribution in [0.15, 0.2) is 53.5 Å². The van der Waals surface area contributed by atoms with Gasteiger partial charge in [-0.2, -0.15) is 0 Å². The molecule has 2 aromatic carbocycles. The number of primary amides is 1. The van der Waals surface area contributed by atoms with Gasteiger partial charge in [-0.3, -0.25) is 9.79 Å². The Labute approximate surface area is 148 Å². The van der Waals surface area contributed by atoms with E-state index in [1.165, 1.54) is 6.21 Å². The van der Waals surface area contributed by atoms with E-state index < -0.39 is 23.1 Å². The van der Waals surface area contributed by atoms with Crippen molar-refractivity contribution < 1.29 is 18.3 Å². The quantitative estimate of drug-likeness (QED) is 0.757. The molecule has 7 heteroatoms. The average molecular weight is 365 g/mol. The van der Waals surface area contributed by atoms with Crippen LogP contribution in [-0.2, 0) is 6.54 Å². The summed E-state index contributed by atoms with van der Waals surface area (Å²) in [5, 5.41) is 0.641. The average Bonchev–Trinajstić information content (AvgIpc) is 2.55. The van der Waals surface area contributed by atoms with Crippen molar-refractivity contribution in [2.24, 2.45) is 10.7 Å². The fraction of sp³-hybridized carbons (Fsp3) is 0.111. The maximum atomic E-state index is 14.0. The molecule has 0 unspecified atom stereocenters. The molecule has 0 fully saturated rings. The Morgan fingerprint density at radius 3 is 2.56 bits per heavy atom. The summed E-state index contributed by atoms with van der Waals surface area (Å²) in [5.74, 6) is -3.68. The lowest BCUT2D eigenvalue weighted by Crippen LogP contribution is -2.16. The van der Waals surface area contributed by atoms with Gasteiger partial charge in [0.25, 0.3) is 5.91 Å². The van der Waals surface area contributed by atoms with E-state index in [9.17, 15) is 13.6 Å². The van der Waals surface area contributed by atoms with Crippen LogP contribution in [0.4, 0.5) is 8.78 Å². The molecule has 0 radical (unpaired) electrons. The van der Waals surface area contributed by atoms with Crippen LogP contribution < -0.4 is 10.5 Å². The monoisotopic (exact) mass is 364 g/mol. The molecule has 0 aliphatic carbocycles. The van der Waals surface area contributed by atoms with Crippen molar-refractivity contribution in [3.8, 4) is 5.75 Å². The highest BCUT2D eigenvalue weighted by Gasteiger charge is 2.19. The Bertz CT molecular complexity index is 821. The second-order valence-corrected chi connectivity index (χ2v) is 5.58. The zero-order valence-corrected chi connectivity index (χ0v) is 13.9. The number of hydrogen-bond acceptors (Lipinski definition) is 3. The first kappa shape index (κ1) is 18.6. The Kier molecular flexibility index (Phi) is 6.25. The van der Waals surface area contributed by atoms with Crippen LogP contribution in [0.25, 0.3) is 0 Å². The summed E-state index contributed by atoms with van der Waals surface area (Å²) in [5.41, 5.74) is 5.55. The molecular formula is C18H15ClF2N2O2. The van der Waals surface area contributed by atoms with Crippen molar-refractivity contribution >= 4 is 23.7 Å². The third-order valence-electron chi connectivity index (χ3n) is 3.18. The highest BCUT2D eigenvalue weighted by molar-refractivity contribution is 6.30. The standard InChI is InChI=1S/C18H15ClF2N2O2/c1-11(8-23-9-12-2-4-13(19)5-3-12)10-25-15-7-6-14(20)16(17(15)21)18(22)24/h2-8H,1,9-10H2,(H2,22,24). The number of carbonyl (C=O) groups is 1. The maximum Gasteiger partial charge on any atom is 0.254 e. The van der Waals surface area contributed by atoms with Gasteiger partial charge in [0.05, 0.1) is 6.54 Å². The molecule has 1 amide bonds. The van der Waals surface area contributed by atoms with Crippen molar-refractivity contribution in [2.75, 3.05) is 6.61 Å². The Morgan fingerprint density at radius 2 is 1.92 bits per heavy atom. The van der Waals surface area contributed by atoms with Crippen molar-refractivity contribution in [1.82, 2.24) is 0 Å². The van der Waals surface area contributed by atoms with Gasteiger partial charge in [0.15, 0.2) is 11.6 Å². The predicted molar refractivity (Wildman–Crippen MR) is 93.2 cm³/mol. The minimum absolute atomic E-state index is 0.0785. The molecule has 0 atom stereocenters. The van der Waals surface area contributed by atoms with E-state index in [1.54, 1.807) is 12.1 Å². The summed E-state index contributed by atoms with van der Waals surface area (Å²) in [6, 6.07) is 9.21. The normalized spacial score (nSPS) is 10.8. The zero-order chi connectivity index (χ0) is 18.4. The van der Waals surface area contributed by atoms with Gasteiger partial charge >= 0.3 is 0 Å². The molecule has 130 valence electrons. The first-order valence-corrected chi connectivity index (χ1v) is 7.59. The summed E-state index contributed by atoms with van der Waals surface area (Å²) in [6.07, 6.45) is 1.49. The molecule has 0 aromatic heterocycles. The Morgan fingerprint density at radius 1 is 1.24 bits per heavy atom. The Hall–Kier alpha value is -2.73. The third-order valence-corrected chi connectivity index (χ3v) is 3.43. The second-order valence-electron chi connectivity index (χ2n) is 5.14. The number of nitrogens with two attached hydrogens (primary N) is 1. The number of benzene rings is 2. The number of aliphatic imine (C=N–C) groups is 1. The van der Waals surface area contributed by atoms with E-state index in [2.05, 4.69) is 11.6 Å². The first-order valence-electron chi connectivity index (χ1n) is 7.21. The minimum Gasteiger partial charge on any atom is -0.486 e. The molecule has 0 spiro atoms. The fourth-order valence-electron chi connectivity index (χ4n) is 1.95. The van der Waals surface area contributed by atoms with Crippen LogP contribution in [0.5, 0.6) is 5.75 Å². The van der Waals surface area contributed by atoms with Crippen LogP contribution in [0.3, 0.4) is 0 Å². The molecule has 0 aliphatic heterocycles. The summed E-state index contributed by atoms with van der Waals surface area (Å²) >= 11 is 5.80. The number of halogens is 3. The third kappa shape index (κ3) is 5.12. The number of ether oxygens (including phenoxy) is 1. The van der Waals surface area contributed by atoms with Crippen LogP contribution in [0.1, 0.15) is 15.9 Å². The lowest BCUT2D eigenvalue weighted by atomic mass is 10.1. The highest BCUT2D eigenvalue weighted by Crippen LogP contribution is 2.23. The van der Waals surface area contributed by atoms with Crippen molar-refractivity contribution in [3.63, 3.8) is 0 Å². The fourth-order valence-corrected chi connectivity index (χ4v) is 2.07. The molecule has 0 aliphatic rings. The van der Waals surface area contributed by atoms with Crippen molar-refractivity contribution in [3.05, 3.63) is 76.3 Å². The first-order chi connectivity index (χ1) is 11.9. The van der Waals surface area contributed by atoms with E-state index in [4.69, 9.17) is 22.1 Å². The van der Waals surface area contributed by atoms with Gasteiger partial charge in [0.1, 0.15) is 18.0 Å². The maximum absolute atomic E-state index is 14.0. The second kappa shape index (κ2) is 8.39. The topological polar surface area (TPSA) is 64.7 Å². The van der Waals surface area contributed by atoms with Gasteiger partial charge in [0, 0.05) is 11.2 Å². The van der Waals surface area contributed by atoms with E-state index >= 15 is 0 Å². The van der Waals surface area contributed by atoms with Crippen LogP contribution >= 0.6 is 11.6 Å². The van der Waals surface area contributed by atoms with Gasteiger partial charge in [-0.15, -0.1) is 0 Å². The smallest absolute Gasteiger partial charge is 0.254 e. The SMILES string of the molecule is C=C(C=NCc1ccc(Cl)cc1)COc1ccc(F)c(C(N)=O)c1F. The molecule has 25 heavy (non-hydrogen) atoms. The van der Waals surface area contributed by atoms with E-state index in [1.807, 2.05) is 12.1 Å². The van der Waals surface area contributed by atoms with Gasteiger partial charge in [-0.05, 0) is 35.4 Å². The lowest BCUT2D eigenvalue weighted by molar-refractivity contribution is 0.0991.